The van der Waals surface area contributed by atoms with E-state index in [0.29, 0.717) is 6.54 Å². The summed E-state index contributed by atoms with van der Waals surface area (Å²) < 4.78 is 0. The third-order valence-corrected chi connectivity index (χ3v) is 3.92. The van der Waals surface area contributed by atoms with Crippen molar-refractivity contribution in [2.75, 3.05) is 29.4 Å². The molecule has 2 heterocycles. The Morgan fingerprint density at radius 1 is 1.00 bits per heavy atom. The molecule has 0 N–H and O–H groups in total. The van der Waals surface area contributed by atoms with Gasteiger partial charge in [0.1, 0.15) is 0 Å². The Morgan fingerprint density at radius 2 is 1.71 bits per heavy atom. The molecule has 0 amide bonds. The molecule has 0 unspecified atom stereocenters. The number of ketones is 1. The minimum Gasteiger partial charge on any atom is -0.308 e. The molecule has 104 valence electrons. The van der Waals surface area contributed by atoms with E-state index in [1.165, 1.54) is 0 Å². The summed E-state index contributed by atoms with van der Waals surface area (Å²) in [6, 6.07) is 17.6. The van der Waals surface area contributed by atoms with Gasteiger partial charge in [-0.3, -0.25) is 9.79 Å². The molecule has 4 heteroatoms. The van der Waals surface area contributed by atoms with Gasteiger partial charge in [0.2, 0.25) is 5.96 Å². The Balaban J connectivity index is 1.67. The van der Waals surface area contributed by atoms with Crippen molar-refractivity contribution >= 4 is 23.1 Å². The SMILES string of the molecule is O=C(CN1C2=NCCN2c2ccccc21)c1ccccc1. The number of carbonyl (C=O) groups excluding carboxylic acids is 1. The molecule has 4 nitrogen and oxygen atoms in total. The summed E-state index contributed by atoms with van der Waals surface area (Å²) in [5.41, 5.74) is 2.96. The quantitative estimate of drug-likeness (QED) is 0.809. The first-order valence-corrected chi connectivity index (χ1v) is 7.11. The molecule has 2 aromatic rings. The number of rotatable bonds is 3. The summed E-state index contributed by atoms with van der Waals surface area (Å²) >= 11 is 0. The van der Waals surface area contributed by atoms with Crippen LogP contribution in [0.2, 0.25) is 0 Å². The molecule has 0 radical (unpaired) electrons. The van der Waals surface area contributed by atoms with E-state index in [1.54, 1.807) is 0 Å². The molecule has 0 saturated heterocycles. The summed E-state index contributed by atoms with van der Waals surface area (Å²) in [7, 11) is 0. The second-order valence-corrected chi connectivity index (χ2v) is 5.20. The van der Waals surface area contributed by atoms with Gasteiger partial charge < -0.3 is 9.80 Å². The van der Waals surface area contributed by atoms with Gasteiger partial charge >= 0.3 is 0 Å². The third-order valence-electron chi connectivity index (χ3n) is 3.92. The first-order chi connectivity index (χ1) is 10.3. The van der Waals surface area contributed by atoms with Gasteiger partial charge in [-0.15, -0.1) is 0 Å². The maximum atomic E-state index is 12.5. The molecule has 0 atom stereocenters. The highest BCUT2D eigenvalue weighted by Gasteiger charge is 2.35. The lowest BCUT2D eigenvalue weighted by Gasteiger charge is -2.18. The van der Waals surface area contributed by atoms with Gasteiger partial charge in [0.05, 0.1) is 24.5 Å². The lowest BCUT2D eigenvalue weighted by molar-refractivity contribution is 0.100. The van der Waals surface area contributed by atoms with Crippen LogP contribution in [0.3, 0.4) is 0 Å². The van der Waals surface area contributed by atoms with E-state index in [2.05, 4.69) is 22.0 Å². The van der Waals surface area contributed by atoms with Crippen molar-refractivity contribution in [1.29, 1.82) is 0 Å². The van der Waals surface area contributed by atoms with E-state index in [4.69, 9.17) is 0 Å². The van der Waals surface area contributed by atoms with Crippen LogP contribution in [-0.4, -0.2) is 31.4 Å². The molecule has 0 aliphatic carbocycles. The van der Waals surface area contributed by atoms with Crippen molar-refractivity contribution in [2.45, 2.75) is 0 Å². The minimum absolute atomic E-state index is 0.113. The largest absolute Gasteiger partial charge is 0.308 e. The fraction of sp³-hybridized carbons (Fsp3) is 0.176. The molecule has 21 heavy (non-hydrogen) atoms. The molecule has 2 aliphatic heterocycles. The Hall–Kier alpha value is -2.62. The highest BCUT2D eigenvalue weighted by molar-refractivity contribution is 6.19. The number of anilines is 2. The van der Waals surface area contributed by atoms with Crippen molar-refractivity contribution < 1.29 is 4.79 Å². The Kier molecular flexibility index (Phi) is 2.74. The Morgan fingerprint density at radius 3 is 2.52 bits per heavy atom. The van der Waals surface area contributed by atoms with Crippen molar-refractivity contribution in [3.63, 3.8) is 0 Å². The maximum absolute atomic E-state index is 12.5. The summed E-state index contributed by atoms with van der Waals surface area (Å²) in [6.07, 6.45) is 0. The number of para-hydroxylation sites is 2. The van der Waals surface area contributed by atoms with Gasteiger partial charge in [-0.2, -0.15) is 0 Å². The zero-order valence-electron chi connectivity index (χ0n) is 11.6. The van der Waals surface area contributed by atoms with Crippen LogP contribution in [0.15, 0.2) is 59.6 Å². The maximum Gasteiger partial charge on any atom is 0.206 e. The Labute approximate surface area is 123 Å². The zero-order chi connectivity index (χ0) is 14.2. The second-order valence-electron chi connectivity index (χ2n) is 5.20. The minimum atomic E-state index is 0.113. The summed E-state index contributed by atoms with van der Waals surface area (Å²) in [5, 5.41) is 0. The molecule has 2 aromatic carbocycles. The molecule has 2 aliphatic rings. The smallest absolute Gasteiger partial charge is 0.206 e. The summed E-state index contributed by atoms with van der Waals surface area (Å²) in [6.45, 7) is 2.01. The van der Waals surface area contributed by atoms with Crippen LogP contribution in [0.5, 0.6) is 0 Å². The predicted molar refractivity (Wildman–Crippen MR) is 84.2 cm³/mol. The predicted octanol–water partition coefficient (Wildman–Crippen LogP) is 2.57. The van der Waals surface area contributed by atoms with Gasteiger partial charge in [-0.25, -0.2) is 0 Å². The molecule has 0 fully saturated rings. The highest BCUT2D eigenvalue weighted by atomic mass is 16.1. The molecule has 4 rings (SSSR count). The number of guanidine groups is 1. The van der Waals surface area contributed by atoms with Crippen LogP contribution in [0.4, 0.5) is 11.4 Å². The molecule has 0 spiro atoms. The fourth-order valence-electron chi connectivity index (χ4n) is 2.94. The number of carbonyl (C=O) groups is 1. The van der Waals surface area contributed by atoms with E-state index in [0.717, 1.165) is 36.0 Å². The average molecular weight is 277 g/mol. The van der Waals surface area contributed by atoms with Gasteiger partial charge in [0.25, 0.3) is 0 Å². The van der Waals surface area contributed by atoms with E-state index >= 15 is 0 Å². The topological polar surface area (TPSA) is 35.9 Å². The first kappa shape index (κ1) is 12.1. The normalized spacial score (nSPS) is 15.7. The van der Waals surface area contributed by atoms with Gasteiger partial charge in [0, 0.05) is 12.1 Å². The van der Waals surface area contributed by atoms with Gasteiger partial charge in [-0.05, 0) is 12.1 Å². The lowest BCUT2D eigenvalue weighted by atomic mass is 10.1. The summed E-state index contributed by atoms with van der Waals surface area (Å²) in [5.74, 6) is 1.02. The summed E-state index contributed by atoms with van der Waals surface area (Å²) in [4.78, 5) is 21.3. The number of benzene rings is 2. The number of hydrogen-bond acceptors (Lipinski definition) is 4. The monoisotopic (exact) mass is 277 g/mol. The van der Waals surface area contributed by atoms with Crippen LogP contribution < -0.4 is 9.80 Å². The van der Waals surface area contributed by atoms with Crippen molar-refractivity contribution in [3.05, 3.63) is 60.2 Å². The van der Waals surface area contributed by atoms with Gasteiger partial charge in [0.15, 0.2) is 5.78 Å². The highest BCUT2D eigenvalue weighted by Crippen LogP contribution is 2.38. The van der Waals surface area contributed by atoms with Gasteiger partial charge in [-0.1, -0.05) is 42.5 Å². The number of nitrogens with zero attached hydrogens (tertiary/aromatic N) is 3. The number of aliphatic imine (C=N–C) groups is 1. The zero-order valence-corrected chi connectivity index (χ0v) is 11.6. The van der Waals surface area contributed by atoms with E-state index < -0.39 is 0 Å². The van der Waals surface area contributed by atoms with Crippen LogP contribution in [0.1, 0.15) is 10.4 Å². The third kappa shape index (κ3) is 1.91. The van der Waals surface area contributed by atoms with E-state index in [1.807, 2.05) is 47.4 Å². The van der Waals surface area contributed by atoms with Crippen molar-refractivity contribution in [3.8, 4) is 0 Å². The van der Waals surface area contributed by atoms with Crippen LogP contribution in [0.25, 0.3) is 0 Å². The number of fused-ring (bicyclic) bond motifs is 3. The number of Topliss-reactive ketones (excluding diaryl/α,β-unsaturated/α-hetero) is 1. The Bertz CT molecular complexity index is 724. The molecule has 0 bridgehead atoms. The second kappa shape index (κ2) is 4.74. The first-order valence-electron chi connectivity index (χ1n) is 7.11. The fourth-order valence-corrected chi connectivity index (χ4v) is 2.94. The molecular formula is C17H15N3O. The van der Waals surface area contributed by atoms with Crippen LogP contribution in [0, 0.1) is 0 Å². The average Bonchev–Trinajstić information content (AvgIpc) is 3.11. The molecular weight excluding hydrogens is 262 g/mol. The van der Waals surface area contributed by atoms with Crippen molar-refractivity contribution in [2.24, 2.45) is 4.99 Å². The van der Waals surface area contributed by atoms with Crippen LogP contribution in [-0.2, 0) is 0 Å². The number of hydrogen-bond donors (Lipinski definition) is 0. The van der Waals surface area contributed by atoms with E-state index in [-0.39, 0.29) is 5.78 Å². The molecule has 0 saturated carbocycles. The van der Waals surface area contributed by atoms with E-state index in [9.17, 15) is 4.79 Å². The van der Waals surface area contributed by atoms with Crippen molar-refractivity contribution in [1.82, 2.24) is 0 Å². The molecule has 0 aromatic heterocycles. The lowest BCUT2D eigenvalue weighted by Crippen LogP contribution is -2.38. The van der Waals surface area contributed by atoms with Crippen LogP contribution >= 0.6 is 0 Å². The standard InChI is InChI=1S/C17H15N3O/c21-16(13-6-2-1-3-7-13)12-20-15-9-5-4-8-14(15)19-11-10-18-17(19)20/h1-9H,10-12H2.